The number of benzene rings is 1. The second kappa shape index (κ2) is 6.19. The molecule has 2 aliphatic heterocycles. The molecule has 3 fully saturated rings. The minimum absolute atomic E-state index is 0.0409. The zero-order valence-electron chi connectivity index (χ0n) is 15.0. The highest BCUT2D eigenvalue weighted by Gasteiger charge is 2.48. The summed E-state index contributed by atoms with van der Waals surface area (Å²) in [5.74, 6) is 1.10. The Bertz CT molecular complexity index is 951. The maximum atomic E-state index is 13.0. The Hall–Kier alpha value is -2.15. The van der Waals surface area contributed by atoms with Crippen molar-refractivity contribution in [2.45, 2.75) is 66.7 Å². The fraction of sp³-hybridized carbons (Fsp3) is 0.500. The Morgan fingerprint density at radius 1 is 1.04 bits per heavy atom. The third-order valence-electron chi connectivity index (χ3n) is 6.16. The van der Waals surface area contributed by atoms with E-state index in [0.29, 0.717) is 29.3 Å². The number of carbonyl (C=O) groups excluding carboxylic acids is 1. The van der Waals surface area contributed by atoms with Crippen LogP contribution in [0.15, 0.2) is 45.8 Å². The number of fused-ring (bicyclic) bond motifs is 2. The third kappa shape index (κ3) is 2.88. The molecule has 5 rings (SSSR count). The summed E-state index contributed by atoms with van der Waals surface area (Å²) in [6, 6.07) is 10.3. The van der Waals surface area contributed by atoms with E-state index in [-0.39, 0.29) is 18.0 Å². The largest absolute Gasteiger partial charge is 0.360 e. The van der Waals surface area contributed by atoms with Gasteiger partial charge in [0.25, 0.3) is 5.91 Å². The molecule has 0 N–H and O–H groups in total. The molecule has 1 aromatic carbocycles. The molecule has 2 saturated heterocycles. The quantitative estimate of drug-likeness (QED) is 0.806. The smallest absolute Gasteiger partial charge is 0.276 e. The van der Waals surface area contributed by atoms with E-state index in [1.54, 1.807) is 30.3 Å². The SMILES string of the molecule is O=C(c1cc(C2CC2)on1)N1C2CCC1CC(S(=O)(=O)c1ccccc1)C2. The van der Waals surface area contributed by atoms with E-state index >= 15 is 0 Å². The fourth-order valence-electron chi connectivity index (χ4n) is 4.60. The van der Waals surface area contributed by atoms with Gasteiger partial charge in [0.2, 0.25) is 0 Å². The predicted octanol–water partition coefficient (Wildman–Crippen LogP) is 3.16. The van der Waals surface area contributed by atoms with E-state index in [1.807, 2.05) is 11.0 Å². The van der Waals surface area contributed by atoms with Crippen molar-refractivity contribution in [3.8, 4) is 0 Å². The molecule has 6 nitrogen and oxygen atoms in total. The van der Waals surface area contributed by atoms with Crippen molar-refractivity contribution in [1.29, 1.82) is 0 Å². The van der Waals surface area contributed by atoms with Gasteiger partial charge in [-0.2, -0.15) is 0 Å². The van der Waals surface area contributed by atoms with Gasteiger partial charge >= 0.3 is 0 Å². The van der Waals surface area contributed by atoms with Crippen molar-refractivity contribution in [2.75, 3.05) is 0 Å². The summed E-state index contributed by atoms with van der Waals surface area (Å²) in [5, 5.41) is 3.55. The van der Waals surface area contributed by atoms with Crippen LogP contribution in [0.2, 0.25) is 0 Å². The Balaban J connectivity index is 1.36. The van der Waals surface area contributed by atoms with E-state index in [9.17, 15) is 13.2 Å². The molecule has 3 heterocycles. The van der Waals surface area contributed by atoms with Crippen molar-refractivity contribution >= 4 is 15.7 Å². The van der Waals surface area contributed by atoms with Gasteiger partial charge in [-0.05, 0) is 50.7 Å². The highest BCUT2D eigenvalue weighted by molar-refractivity contribution is 7.92. The fourth-order valence-corrected chi connectivity index (χ4v) is 6.47. The molecular weight excluding hydrogens is 364 g/mol. The average Bonchev–Trinajstić information content (AvgIpc) is 3.36. The van der Waals surface area contributed by atoms with Gasteiger partial charge in [0.15, 0.2) is 15.5 Å². The van der Waals surface area contributed by atoms with Crippen LogP contribution in [-0.2, 0) is 9.84 Å². The molecule has 0 radical (unpaired) electrons. The maximum absolute atomic E-state index is 13.0. The number of rotatable bonds is 4. The van der Waals surface area contributed by atoms with Crippen LogP contribution in [0, 0.1) is 0 Å². The summed E-state index contributed by atoms with van der Waals surface area (Å²) in [7, 11) is -3.37. The summed E-state index contributed by atoms with van der Waals surface area (Å²) in [6.07, 6.45) is 4.88. The lowest BCUT2D eigenvalue weighted by atomic mass is 10.0. The van der Waals surface area contributed by atoms with Gasteiger partial charge in [-0.3, -0.25) is 4.79 Å². The van der Waals surface area contributed by atoms with E-state index in [2.05, 4.69) is 5.16 Å². The molecule has 1 aromatic heterocycles. The van der Waals surface area contributed by atoms with Crippen LogP contribution < -0.4 is 0 Å². The zero-order chi connectivity index (χ0) is 18.6. The summed E-state index contributed by atoms with van der Waals surface area (Å²) in [6.45, 7) is 0. The zero-order valence-corrected chi connectivity index (χ0v) is 15.8. The van der Waals surface area contributed by atoms with Gasteiger partial charge in [0, 0.05) is 24.1 Å². The molecular formula is C20H22N2O4S. The van der Waals surface area contributed by atoms with Gasteiger partial charge in [0.1, 0.15) is 5.76 Å². The first kappa shape index (κ1) is 17.0. The molecule has 2 bridgehead atoms. The van der Waals surface area contributed by atoms with Crippen molar-refractivity contribution in [3.05, 3.63) is 47.9 Å². The van der Waals surface area contributed by atoms with Crippen molar-refractivity contribution in [1.82, 2.24) is 10.1 Å². The van der Waals surface area contributed by atoms with Crippen molar-refractivity contribution in [2.24, 2.45) is 0 Å². The molecule has 2 unspecified atom stereocenters. The van der Waals surface area contributed by atoms with E-state index in [4.69, 9.17) is 4.52 Å². The van der Waals surface area contributed by atoms with Crippen LogP contribution in [0.1, 0.15) is 60.7 Å². The van der Waals surface area contributed by atoms with Gasteiger partial charge in [-0.25, -0.2) is 8.42 Å². The van der Waals surface area contributed by atoms with Crippen LogP contribution in [0.4, 0.5) is 0 Å². The number of hydrogen-bond donors (Lipinski definition) is 0. The Morgan fingerprint density at radius 3 is 2.33 bits per heavy atom. The average molecular weight is 386 g/mol. The highest BCUT2D eigenvalue weighted by Crippen LogP contribution is 2.42. The number of nitrogens with zero attached hydrogens (tertiary/aromatic N) is 2. The van der Waals surface area contributed by atoms with Gasteiger partial charge in [-0.1, -0.05) is 23.4 Å². The van der Waals surface area contributed by atoms with E-state index < -0.39 is 15.1 Å². The number of piperidine rings is 1. The highest BCUT2D eigenvalue weighted by atomic mass is 32.2. The number of sulfone groups is 1. The monoisotopic (exact) mass is 386 g/mol. The van der Waals surface area contributed by atoms with Crippen LogP contribution >= 0.6 is 0 Å². The second-order valence-corrected chi connectivity index (χ2v) is 10.2. The molecule has 0 spiro atoms. The minimum Gasteiger partial charge on any atom is -0.360 e. The molecule has 2 atom stereocenters. The number of carbonyl (C=O) groups is 1. The van der Waals surface area contributed by atoms with E-state index in [0.717, 1.165) is 31.4 Å². The lowest BCUT2D eigenvalue weighted by molar-refractivity contribution is 0.0587. The summed E-state index contributed by atoms with van der Waals surface area (Å²) >= 11 is 0. The molecule has 1 amide bonds. The minimum atomic E-state index is -3.37. The summed E-state index contributed by atoms with van der Waals surface area (Å²) in [5.41, 5.74) is 0.359. The van der Waals surface area contributed by atoms with Crippen LogP contribution in [-0.4, -0.2) is 41.7 Å². The number of hydrogen-bond acceptors (Lipinski definition) is 5. The third-order valence-corrected chi connectivity index (χ3v) is 8.35. The summed E-state index contributed by atoms with van der Waals surface area (Å²) < 4.78 is 31.3. The summed E-state index contributed by atoms with van der Waals surface area (Å²) in [4.78, 5) is 15.2. The maximum Gasteiger partial charge on any atom is 0.276 e. The van der Waals surface area contributed by atoms with Crippen molar-refractivity contribution in [3.63, 3.8) is 0 Å². The van der Waals surface area contributed by atoms with Gasteiger partial charge in [-0.15, -0.1) is 0 Å². The molecule has 2 aromatic rings. The molecule has 1 saturated carbocycles. The normalized spacial score (nSPS) is 27.7. The molecule has 27 heavy (non-hydrogen) atoms. The molecule has 1 aliphatic carbocycles. The van der Waals surface area contributed by atoms with E-state index in [1.165, 1.54) is 0 Å². The standard InChI is InChI=1S/C20H22N2O4S/c23-20(18-12-19(26-21-18)13-6-7-13)22-14-8-9-15(22)11-17(10-14)27(24,25)16-4-2-1-3-5-16/h1-5,12-15,17H,6-11H2. The Morgan fingerprint density at radius 2 is 1.70 bits per heavy atom. The lowest BCUT2D eigenvalue weighted by Gasteiger charge is -2.38. The second-order valence-electron chi connectivity index (χ2n) is 7.94. The number of amides is 1. The van der Waals surface area contributed by atoms with Crippen molar-refractivity contribution < 1.29 is 17.7 Å². The lowest BCUT2D eigenvalue weighted by Crippen LogP contribution is -2.49. The van der Waals surface area contributed by atoms with Crippen LogP contribution in [0.5, 0.6) is 0 Å². The first-order chi connectivity index (χ1) is 13.0. The van der Waals surface area contributed by atoms with Crippen LogP contribution in [0.25, 0.3) is 0 Å². The predicted molar refractivity (Wildman–Crippen MR) is 98.1 cm³/mol. The molecule has 3 aliphatic rings. The topological polar surface area (TPSA) is 80.5 Å². The molecule has 7 heteroatoms. The van der Waals surface area contributed by atoms with Gasteiger partial charge in [0.05, 0.1) is 10.1 Å². The Kier molecular flexibility index (Phi) is 3.89. The number of aromatic nitrogens is 1. The Labute approximate surface area is 158 Å². The first-order valence-electron chi connectivity index (χ1n) is 9.62. The molecule has 142 valence electrons. The van der Waals surface area contributed by atoms with Crippen LogP contribution in [0.3, 0.4) is 0 Å². The first-order valence-corrected chi connectivity index (χ1v) is 11.2. The van der Waals surface area contributed by atoms with Gasteiger partial charge < -0.3 is 9.42 Å².